The molecular weight excluding hydrogens is 434 g/mol. The second kappa shape index (κ2) is 8.52. The second-order valence-corrected chi connectivity index (χ2v) is 6.60. The van der Waals surface area contributed by atoms with Gasteiger partial charge in [0.25, 0.3) is 0 Å². The zero-order valence-corrected chi connectivity index (χ0v) is 16.8. The lowest BCUT2D eigenvalue weighted by atomic mass is 10.1. The molecule has 1 heterocycles. The molecule has 0 fully saturated rings. The van der Waals surface area contributed by atoms with Crippen molar-refractivity contribution in [1.29, 1.82) is 0 Å². The number of fused-ring (bicyclic) bond motifs is 1. The number of halogens is 3. The molecule has 0 aliphatic rings. The summed E-state index contributed by atoms with van der Waals surface area (Å²) in [5.41, 5.74) is 0.771. The number of carbonyl (C=O) groups is 1. The third-order valence-corrected chi connectivity index (χ3v) is 4.52. The monoisotopic (exact) mass is 450 g/mol. The summed E-state index contributed by atoms with van der Waals surface area (Å²) < 4.78 is 39.1. The molecule has 0 amide bonds. The number of nitrogens with one attached hydrogen (secondary N) is 1. The van der Waals surface area contributed by atoms with Crippen LogP contribution in [0.3, 0.4) is 0 Å². The molecule has 28 heavy (non-hydrogen) atoms. The van der Waals surface area contributed by atoms with Gasteiger partial charge < -0.3 is 14.8 Å². The SMILES string of the molecule is CCOC(=O)c1cnc2cc(OCC)c(Br)cc2c1Nc1cc(F)ccc1F. The van der Waals surface area contributed by atoms with Crippen LogP contribution in [-0.4, -0.2) is 24.2 Å². The molecule has 0 atom stereocenters. The van der Waals surface area contributed by atoms with Crippen molar-refractivity contribution in [3.05, 3.63) is 58.2 Å². The molecule has 0 radical (unpaired) electrons. The van der Waals surface area contributed by atoms with E-state index >= 15 is 0 Å². The Hall–Kier alpha value is -2.74. The van der Waals surface area contributed by atoms with E-state index in [9.17, 15) is 13.6 Å². The van der Waals surface area contributed by atoms with Crippen molar-refractivity contribution in [3.8, 4) is 5.75 Å². The van der Waals surface area contributed by atoms with Gasteiger partial charge in [-0.3, -0.25) is 4.98 Å². The van der Waals surface area contributed by atoms with Crippen molar-refractivity contribution in [2.24, 2.45) is 0 Å². The molecule has 146 valence electrons. The van der Waals surface area contributed by atoms with Crippen molar-refractivity contribution in [1.82, 2.24) is 4.98 Å². The number of hydrogen-bond donors (Lipinski definition) is 1. The number of carbonyl (C=O) groups excluding carboxylic acids is 1. The van der Waals surface area contributed by atoms with Crippen LogP contribution in [0.4, 0.5) is 20.2 Å². The van der Waals surface area contributed by atoms with Crippen molar-refractivity contribution < 1.29 is 23.0 Å². The third kappa shape index (κ3) is 4.06. The van der Waals surface area contributed by atoms with E-state index in [4.69, 9.17) is 9.47 Å². The van der Waals surface area contributed by atoms with E-state index in [1.54, 1.807) is 19.1 Å². The predicted molar refractivity (Wildman–Crippen MR) is 106 cm³/mol. The number of anilines is 2. The first-order valence-electron chi connectivity index (χ1n) is 8.58. The fraction of sp³-hybridized carbons (Fsp3) is 0.200. The molecule has 3 rings (SSSR count). The molecule has 1 N–H and O–H groups in total. The summed E-state index contributed by atoms with van der Waals surface area (Å²) in [6.45, 7) is 4.16. The van der Waals surface area contributed by atoms with Gasteiger partial charge in [-0.25, -0.2) is 13.6 Å². The average Bonchev–Trinajstić information content (AvgIpc) is 2.66. The number of rotatable bonds is 6. The number of ether oxygens (including phenoxy) is 2. The topological polar surface area (TPSA) is 60.5 Å². The smallest absolute Gasteiger partial charge is 0.341 e. The molecule has 0 aliphatic heterocycles. The lowest BCUT2D eigenvalue weighted by Crippen LogP contribution is -2.10. The van der Waals surface area contributed by atoms with Gasteiger partial charge in [-0.1, -0.05) is 0 Å². The summed E-state index contributed by atoms with van der Waals surface area (Å²) in [5.74, 6) is -1.32. The van der Waals surface area contributed by atoms with Gasteiger partial charge in [-0.15, -0.1) is 0 Å². The highest BCUT2D eigenvalue weighted by Gasteiger charge is 2.19. The van der Waals surface area contributed by atoms with Gasteiger partial charge >= 0.3 is 5.97 Å². The Balaban J connectivity index is 2.22. The van der Waals surface area contributed by atoms with Crippen LogP contribution in [0.5, 0.6) is 5.75 Å². The van der Waals surface area contributed by atoms with Crippen LogP contribution in [0.15, 0.2) is 41.0 Å². The molecule has 0 unspecified atom stereocenters. The standard InChI is InChI=1S/C20H17BrF2N2O3/c1-3-27-18-9-16-12(8-14(18)21)19(13(10-24-16)20(26)28-4-2)25-17-7-11(22)5-6-15(17)23/h5-10H,3-4H2,1-2H3,(H,24,25). The summed E-state index contributed by atoms with van der Waals surface area (Å²) in [5, 5.41) is 3.34. The molecule has 0 aliphatic carbocycles. The van der Waals surface area contributed by atoms with Gasteiger partial charge in [0, 0.05) is 23.7 Å². The highest BCUT2D eigenvalue weighted by atomic mass is 79.9. The minimum atomic E-state index is -0.661. The predicted octanol–water partition coefficient (Wildman–Crippen LogP) is 5.59. The quantitative estimate of drug-likeness (QED) is 0.495. The van der Waals surface area contributed by atoms with Crippen LogP contribution in [0, 0.1) is 11.6 Å². The van der Waals surface area contributed by atoms with E-state index in [1.165, 1.54) is 6.20 Å². The maximum absolute atomic E-state index is 14.2. The summed E-state index contributed by atoms with van der Waals surface area (Å²) in [6.07, 6.45) is 1.34. The van der Waals surface area contributed by atoms with Crippen LogP contribution in [0.2, 0.25) is 0 Å². The Morgan fingerprint density at radius 3 is 2.68 bits per heavy atom. The molecule has 0 bridgehead atoms. The molecule has 0 spiro atoms. The highest BCUT2D eigenvalue weighted by Crippen LogP contribution is 2.36. The van der Waals surface area contributed by atoms with Crippen LogP contribution in [-0.2, 0) is 4.74 Å². The molecule has 5 nitrogen and oxygen atoms in total. The molecule has 2 aromatic carbocycles. The first kappa shape index (κ1) is 20.0. The van der Waals surface area contributed by atoms with E-state index in [-0.39, 0.29) is 23.5 Å². The Kier molecular flexibility index (Phi) is 6.08. The van der Waals surface area contributed by atoms with Crippen molar-refractivity contribution >= 4 is 44.2 Å². The fourth-order valence-corrected chi connectivity index (χ4v) is 3.14. The van der Waals surface area contributed by atoms with Gasteiger partial charge in [0.2, 0.25) is 0 Å². The molecule has 1 aromatic heterocycles. The Morgan fingerprint density at radius 2 is 1.96 bits per heavy atom. The number of aromatic nitrogens is 1. The van der Waals surface area contributed by atoms with Crippen LogP contribution in [0.25, 0.3) is 10.9 Å². The zero-order valence-electron chi connectivity index (χ0n) is 15.2. The van der Waals surface area contributed by atoms with Crippen LogP contribution >= 0.6 is 15.9 Å². The molecule has 0 saturated heterocycles. The van der Waals surface area contributed by atoms with Gasteiger partial charge in [0.05, 0.1) is 34.6 Å². The summed E-state index contributed by atoms with van der Waals surface area (Å²) in [6, 6.07) is 6.44. The fourth-order valence-electron chi connectivity index (χ4n) is 2.69. The normalized spacial score (nSPS) is 10.8. The number of hydrogen-bond acceptors (Lipinski definition) is 5. The van der Waals surface area contributed by atoms with Gasteiger partial charge in [-0.05, 0) is 48.0 Å². The minimum absolute atomic E-state index is 0.106. The maximum Gasteiger partial charge on any atom is 0.341 e. The van der Waals surface area contributed by atoms with Gasteiger partial charge in [0.15, 0.2) is 0 Å². The first-order valence-corrected chi connectivity index (χ1v) is 9.38. The molecular formula is C20H17BrF2N2O3. The lowest BCUT2D eigenvalue weighted by Gasteiger charge is -2.16. The van der Waals surface area contributed by atoms with Crippen molar-refractivity contribution in [3.63, 3.8) is 0 Å². The summed E-state index contributed by atoms with van der Waals surface area (Å²) in [7, 11) is 0. The van der Waals surface area contributed by atoms with Crippen LogP contribution in [0.1, 0.15) is 24.2 Å². The summed E-state index contributed by atoms with van der Waals surface area (Å²) in [4.78, 5) is 16.7. The van der Waals surface area contributed by atoms with Gasteiger partial charge in [-0.2, -0.15) is 0 Å². The number of nitrogens with zero attached hydrogens (tertiary/aromatic N) is 1. The Labute approximate surface area is 168 Å². The van der Waals surface area contributed by atoms with E-state index in [1.807, 2.05) is 6.92 Å². The third-order valence-electron chi connectivity index (χ3n) is 3.90. The summed E-state index contributed by atoms with van der Waals surface area (Å²) >= 11 is 3.43. The van der Waals surface area contributed by atoms with Crippen molar-refractivity contribution in [2.45, 2.75) is 13.8 Å². The number of benzene rings is 2. The average molecular weight is 451 g/mol. The minimum Gasteiger partial charge on any atom is -0.493 e. The largest absolute Gasteiger partial charge is 0.493 e. The lowest BCUT2D eigenvalue weighted by molar-refractivity contribution is 0.0527. The Bertz CT molecular complexity index is 1040. The van der Waals surface area contributed by atoms with E-state index in [0.717, 1.165) is 18.2 Å². The number of pyridine rings is 1. The van der Waals surface area contributed by atoms with E-state index in [0.29, 0.717) is 27.7 Å². The molecule has 0 saturated carbocycles. The Morgan fingerprint density at radius 1 is 1.18 bits per heavy atom. The second-order valence-electron chi connectivity index (χ2n) is 5.75. The maximum atomic E-state index is 14.2. The van der Waals surface area contributed by atoms with Crippen LogP contribution < -0.4 is 10.1 Å². The molecule has 3 aromatic rings. The first-order chi connectivity index (χ1) is 13.4. The van der Waals surface area contributed by atoms with Crippen molar-refractivity contribution in [2.75, 3.05) is 18.5 Å². The number of esters is 1. The van der Waals surface area contributed by atoms with E-state index < -0.39 is 17.6 Å². The molecule has 8 heteroatoms. The highest BCUT2D eigenvalue weighted by molar-refractivity contribution is 9.10. The zero-order chi connectivity index (χ0) is 20.3. The van der Waals surface area contributed by atoms with E-state index in [2.05, 4.69) is 26.2 Å². The van der Waals surface area contributed by atoms with Gasteiger partial charge in [0.1, 0.15) is 22.9 Å².